The van der Waals surface area contributed by atoms with E-state index >= 15 is 0 Å². The van der Waals surface area contributed by atoms with E-state index in [1.165, 1.54) is 43.0 Å². The Balaban J connectivity index is 1.37. The van der Waals surface area contributed by atoms with Gasteiger partial charge in [-0.05, 0) is 121 Å². The first-order chi connectivity index (χ1) is 35.1. The summed E-state index contributed by atoms with van der Waals surface area (Å²) < 4.78 is 21.1. The van der Waals surface area contributed by atoms with Crippen molar-refractivity contribution >= 4 is 114 Å². The van der Waals surface area contributed by atoms with Crippen LogP contribution in [-0.4, -0.2) is 23.4 Å². The van der Waals surface area contributed by atoms with Crippen LogP contribution in [0.2, 0.25) is 5.02 Å². The standard InChI is InChI=1S/C62H54Br2ClN4P3/c1-62-44-70(52-20-8-2-9-21-52,53-22-10-3-11-23-53)66-50-33-35-58(63)48(39-50)42-69(41-47-32-37-60(65)61(38-47)68-72(46-62,56-28-16-6-17-29-56)57-30-18-7-19-31-57)43-49-40-51(34-36-59(49)64)67-71(45-62,54-24-12-4-13-25-54)55-26-14-5-15-27-55/h2-40H,41-46H2,1H3. The molecule has 8 bridgehead atoms. The zero-order valence-electron chi connectivity index (χ0n) is 40.0. The Hall–Kier alpha value is -5.12. The molecule has 3 heterocycles. The van der Waals surface area contributed by atoms with Crippen LogP contribution in [0.15, 0.2) is 260 Å². The van der Waals surface area contributed by atoms with Gasteiger partial charge in [0.15, 0.2) is 0 Å². The van der Waals surface area contributed by atoms with Gasteiger partial charge in [0.2, 0.25) is 0 Å². The first-order valence-electron chi connectivity index (χ1n) is 24.4. The number of fused-ring (bicyclic) bond motifs is 3. The SMILES string of the molecule is CC12CP(c3ccccc3)(c3ccccc3)=Nc3ccc(Br)c(c3)CN(Cc3ccc(Cl)c(c3)N=P(c3ccccc3)(c3ccccc3)C1)Cc1cc(ccc1Br)N=P(c1ccccc1)(c1ccccc1)C2. The summed E-state index contributed by atoms with van der Waals surface area (Å²) in [6, 6.07) is 87.1. The predicted molar refractivity (Wildman–Crippen MR) is 319 cm³/mol. The molecule has 3 aliphatic heterocycles. The Bertz CT molecular complexity index is 3280. The summed E-state index contributed by atoms with van der Waals surface area (Å²) in [5.41, 5.74) is 5.71. The van der Waals surface area contributed by atoms with Crippen molar-refractivity contribution < 1.29 is 0 Å². The molecule has 4 nitrogen and oxygen atoms in total. The number of rotatable bonds is 6. The quantitative estimate of drug-likeness (QED) is 0.153. The second kappa shape index (κ2) is 21.0. The Morgan fingerprint density at radius 1 is 0.403 bits per heavy atom. The summed E-state index contributed by atoms with van der Waals surface area (Å²) in [4.78, 5) is 2.53. The molecule has 10 heteroatoms. The lowest BCUT2D eigenvalue weighted by Gasteiger charge is -2.44. The highest BCUT2D eigenvalue weighted by atomic mass is 79.9. The third-order valence-electron chi connectivity index (χ3n) is 14.0. The first kappa shape index (κ1) is 49.1. The Labute approximate surface area is 447 Å². The highest BCUT2D eigenvalue weighted by Gasteiger charge is 2.45. The molecule has 0 unspecified atom stereocenters. The first-order valence-corrected chi connectivity index (χ1v) is 32.1. The molecule has 0 N–H and O–H groups in total. The van der Waals surface area contributed by atoms with E-state index in [1.807, 2.05) is 0 Å². The van der Waals surface area contributed by atoms with Crippen LogP contribution in [0.4, 0.5) is 17.1 Å². The van der Waals surface area contributed by atoms with Gasteiger partial charge < -0.3 is 0 Å². The number of hydrogen-bond donors (Lipinski definition) is 0. The van der Waals surface area contributed by atoms with Crippen molar-refractivity contribution in [2.24, 2.45) is 19.6 Å². The molecule has 3 aliphatic rings. The molecule has 9 aromatic rings. The molecule has 0 saturated heterocycles. The van der Waals surface area contributed by atoms with Gasteiger partial charge in [0.1, 0.15) is 0 Å². The Morgan fingerprint density at radius 3 is 1.08 bits per heavy atom. The minimum atomic E-state index is -2.85. The van der Waals surface area contributed by atoms with Crippen LogP contribution in [0.25, 0.3) is 0 Å². The van der Waals surface area contributed by atoms with Crippen LogP contribution in [0.1, 0.15) is 23.6 Å². The van der Waals surface area contributed by atoms with Gasteiger partial charge in [0, 0.05) is 49.7 Å². The van der Waals surface area contributed by atoms with E-state index in [0.717, 1.165) is 43.9 Å². The van der Waals surface area contributed by atoms with Gasteiger partial charge in [-0.3, -0.25) is 19.1 Å². The van der Waals surface area contributed by atoms with E-state index in [0.29, 0.717) is 30.8 Å². The summed E-state index contributed by atoms with van der Waals surface area (Å²) in [5, 5.41) is 8.03. The molecule has 72 heavy (non-hydrogen) atoms. The lowest BCUT2D eigenvalue weighted by atomic mass is 9.99. The minimum absolute atomic E-state index is 0.541. The maximum absolute atomic E-state index is 7.51. The molecular weight excluding hydrogens is 1090 g/mol. The maximum Gasteiger partial charge on any atom is 0.0810 e. The van der Waals surface area contributed by atoms with Crippen molar-refractivity contribution in [2.45, 2.75) is 26.6 Å². The van der Waals surface area contributed by atoms with E-state index in [4.69, 9.17) is 25.8 Å². The van der Waals surface area contributed by atoms with Gasteiger partial charge in [-0.2, -0.15) is 0 Å². The van der Waals surface area contributed by atoms with Crippen LogP contribution in [0.3, 0.4) is 0 Å². The van der Waals surface area contributed by atoms with Gasteiger partial charge in [0.05, 0.1) is 22.1 Å². The van der Waals surface area contributed by atoms with Crippen molar-refractivity contribution in [1.82, 2.24) is 4.90 Å². The van der Waals surface area contributed by atoms with Crippen molar-refractivity contribution in [2.75, 3.05) is 18.5 Å². The molecule has 0 fully saturated rings. The zero-order valence-corrected chi connectivity index (χ0v) is 46.6. The van der Waals surface area contributed by atoms with Crippen molar-refractivity contribution in [3.05, 3.63) is 267 Å². The highest BCUT2D eigenvalue weighted by Crippen LogP contribution is 2.65. The average molecular weight is 1140 g/mol. The van der Waals surface area contributed by atoms with Crippen LogP contribution < -0.4 is 31.8 Å². The Kier molecular flexibility index (Phi) is 14.3. The van der Waals surface area contributed by atoms with Gasteiger partial charge in [-0.15, -0.1) is 0 Å². The number of benzene rings is 9. The fourth-order valence-electron chi connectivity index (χ4n) is 11.0. The monoisotopic (exact) mass is 1140 g/mol. The van der Waals surface area contributed by atoms with E-state index < -0.39 is 26.6 Å². The zero-order chi connectivity index (χ0) is 49.2. The third kappa shape index (κ3) is 9.98. The molecule has 0 amide bonds. The summed E-state index contributed by atoms with van der Waals surface area (Å²) in [5.74, 6) is 0. The van der Waals surface area contributed by atoms with Crippen LogP contribution in [0.5, 0.6) is 0 Å². The van der Waals surface area contributed by atoms with Crippen molar-refractivity contribution in [3.8, 4) is 0 Å². The summed E-state index contributed by atoms with van der Waals surface area (Å²) in [6.07, 6.45) is 2.18. The largest absolute Gasteiger partial charge is 0.290 e. The van der Waals surface area contributed by atoms with E-state index in [9.17, 15) is 0 Å². The molecular formula is C62H54Br2ClN4P3. The normalized spacial score (nSPS) is 19.1. The van der Waals surface area contributed by atoms with Crippen molar-refractivity contribution in [3.63, 3.8) is 0 Å². The lowest BCUT2D eigenvalue weighted by molar-refractivity contribution is 0.247. The average Bonchev–Trinajstić information content (AvgIpc) is 3.42. The Morgan fingerprint density at radius 2 is 0.736 bits per heavy atom. The van der Waals surface area contributed by atoms with Crippen LogP contribution >= 0.6 is 64.6 Å². The number of hydrogen-bond acceptors (Lipinski definition) is 4. The molecule has 0 atom stereocenters. The van der Waals surface area contributed by atoms with Gasteiger partial charge in [-0.1, -0.05) is 238 Å². The summed E-state index contributed by atoms with van der Waals surface area (Å²) >= 11 is 15.6. The second-order valence-electron chi connectivity index (χ2n) is 19.4. The lowest BCUT2D eigenvalue weighted by Crippen LogP contribution is -2.40. The number of nitrogens with zero attached hydrogens (tertiary/aromatic N) is 4. The minimum Gasteiger partial charge on any atom is -0.290 e. The van der Waals surface area contributed by atoms with E-state index in [1.54, 1.807) is 0 Å². The maximum atomic E-state index is 7.51. The van der Waals surface area contributed by atoms with Gasteiger partial charge >= 0.3 is 0 Å². The predicted octanol–water partition coefficient (Wildman–Crippen LogP) is 16.6. The topological polar surface area (TPSA) is 40.3 Å². The molecule has 0 aromatic heterocycles. The smallest absolute Gasteiger partial charge is 0.0810 e. The van der Waals surface area contributed by atoms with E-state index in [2.05, 4.69) is 280 Å². The summed E-state index contributed by atoms with van der Waals surface area (Å²) in [6.45, 7) is 4.53. The molecule has 12 rings (SSSR count). The van der Waals surface area contributed by atoms with Crippen LogP contribution in [0, 0.1) is 5.41 Å². The number of halogens is 3. The van der Waals surface area contributed by atoms with Crippen LogP contribution in [-0.2, 0) is 19.6 Å². The third-order valence-corrected chi connectivity index (χ3v) is 28.2. The summed E-state index contributed by atoms with van der Waals surface area (Å²) in [7, 11) is -8.44. The molecule has 358 valence electrons. The van der Waals surface area contributed by atoms with Gasteiger partial charge in [-0.25, -0.2) is 0 Å². The van der Waals surface area contributed by atoms with Crippen molar-refractivity contribution in [1.29, 1.82) is 0 Å². The fraction of sp³-hybridized carbons (Fsp3) is 0.129. The van der Waals surface area contributed by atoms with E-state index in [-0.39, 0.29) is 0 Å². The second-order valence-corrected chi connectivity index (χ2v) is 30.8. The molecule has 0 spiro atoms. The molecule has 9 aromatic carbocycles. The molecule has 0 radical (unpaired) electrons. The fourth-order valence-corrected chi connectivity index (χ4v) is 24.9. The molecule has 0 aliphatic carbocycles. The molecule has 0 saturated carbocycles. The van der Waals surface area contributed by atoms with Gasteiger partial charge in [0.25, 0.3) is 0 Å². The highest BCUT2D eigenvalue weighted by molar-refractivity contribution is 9.10.